The number of hydrazine groups is 1. The first-order chi connectivity index (χ1) is 6.18. The van der Waals surface area contributed by atoms with Crippen LogP contribution < -0.4 is 0 Å². The second-order valence-corrected chi connectivity index (χ2v) is 4.13. The van der Waals surface area contributed by atoms with Crippen LogP contribution in [0.5, 0.6) is 0 Å². The first-order valence-electron chi connectivity index (χ1n) is 4.63. The number of hydrogen-bond acceptors (Lipinski definition) is 3. The third-order valence-electron chi connectivity index (χ3n) is 2.11. The number of likely N-dealkylation sites (N-methyl/N-ethyl adjacent to an activating group) is 1. The Morgan fingerprint density at radius 1 is 1.14 bits per heavy atom. The molecule has 0 amide bonds. The Kier molecular flexibility index (Phi) is 4.20. The molecule has 0 spiro atoms. The Bertz CT molecular complexity index is 231. The van der Waals surface area contributed by atoms with Gasteiger partial charge in [0.05, 0.1) is 11.5 Å². The van der Waals surface area contributed by atoms with Crippen molar-refractivity contribution in [2.45, 2.75) is 26.4 Å². The summed E-state index contributed by atoms with van der Waals surface area (Å²) < 4.78 is 5.61. The minimum absolute atomic E-state index is 0.426. The maximum Gasteiger partial charge on any atom is 0.143 e. The summed E-state index contributed by atoms with van der Waals surface area (Å²) in [5.41, 5.74) is 0.468. The number of nitrogens with zero attached hydrogens (tertiary/aromatic N) is 2. The van der Waals surface area contributed by atoms with Gasteiger partial charge in [-0.15, -0.1) is 0 Å². The van der Waals surface area contributed by atoms with Gasteiger partial charge in [-0.25, -0.2) is 5.01 Å². The number of ether oxygens (including phenoxy) is 1. The number of hydrogen-bond donors (Lipinski definition) is 0. The van der Waals surface area contributed by atoms with E-state index in [4.69, 9.17) is 4.74 Å². The molecule has 0 fully saturated rings. The molecule has 0 unspecified atom stereocenters. The zero-order chi connectivity index (χ0) is 11.5. The zero-order valence-electron chi connectivity index (χ0n) is 10.2. The molecule has 0 aromatic carbocycles. The van der Waals surface area contributed by atoms with Gasteiger partial charge in [0.2, 0.25) is 0 Å². The smallest absolute Gasteiger partial charge is 0.143 e. The third-order valence-corrected chi connectivity index (χ3v) is 2.11. The molecule has 0 saturated heterocycles. The van der Waals surface area contributed by atoms with E-state index in [1.54, 1.807) is 0 Å². The van der Waals surface area contributed by atoms with Crippen molar-refractivity contribution in [1.29, 1.82) is 0 Å². The molecule has 3 heteroatoms. The van der Waals surface area contributed by atoms with E-state index in [9.17, 15) is 0 Å². The molecule has 0 aliphatic carbocycles. The quantitative estimate of drug-likeness (QED) is 0.498. The molecule has 82 valence electrons. The molecule has 0 heterocycles. The average Bonchev–Trinajstić information content (AvgIpc) is 1.99. The standard InChI is InChI=1S/C11H22N2O/c1-9(2)14-11(4,5)10(3)13(8)12(6)7/h1,3H2,2,4-8H3. The summed E-state index contributed by atoms with van der Waals surface area (Å²) in [6, 6.07) is 0. The molecular weight excluding hydrogens is 176 g/mol. The highest BCUT2D eigenvalue weighted by atomic mass is 16.5. The molecule has 0 radical (unpaired) electrons. The highest BCUT2D eigenvalue weighted by molar-refractivity contribution is 5.08. The van der Waals surface area contributed by atoms with Crippen molar-refractivity contribution in [2.75, 3.05) is 21.1 Å². The summed E-state index contributed by atoms with van der Waals surface area (Å²) in [6.45, 7) is 13.5. The van der Waals surface area contributed by atoms with E-state index in [1.165, 1.54) is 0 Å². The van der Waals surface area contributed by atoms with Gasteiger partial charge in [0.1, 0.15) is 5.60 Å². The fraction of sp³-hybridized carbons (Fsp3) is 0.636. The van der Waals surface area contributed by atoms with Crippen LogP contribution in [0.15, 0.2) is 24.6 Å². The van der Waals surface area contributed by atoms with Gasteiger partial charge in [-0.2, -0.15) is 0 Å². The molecule has 0 atom stereocenters. The first kappa shape index (κ1) is 13.0. The molecule has 0 bridgehead atoms. The van der Waals surface area contributed by atoms with E-state index in [2.05, 4.69) is 13.2 Å². The molecule has 14 heavy (non-hydrogen) atoms. The highest BCUT2D eigenvalue weighted by Gasteiger charge is 2.27. The van der Waals surface area contributed by atoms with Gasteiger partial charge in [-0.1, -0.05) is 13.2 Å². The van der Waals surface area contributed by atoms with Crippen molar-refractivity contribution in [2.24, 2.45) is 0 Å². The summed E-state index contributed by atoms with van der Waals surface area (Å²) in [7, 11) is 5.87. The van der Waals surface area contributed by atoms with Crippen LogP contribution in [0.25, 0.3) is 0 Å². The predicted octanol–water partition coefficient (Wildman–Crippen LogP) is 2.24. The van der Waals surface area contributed by atoms with Crippen molar-refractivity contribution < 1.29 is 4.74 Å². The van der Waals surface area contributed by atoms with Gasteiger partial charge in [0.25, 0.3) is 0 Å². The van der Waals surface area contributed by atoms with Gasteiger partial charge >= 0.3 is 0 Å². The SMILES string of the molecule is C=C(C)OC(C)(C)C(=C)N(C)N(C)C. The van der Waals surface area contributed by atoms with E-state index in [0.717, 1.165) is 5.70 Å². The third kappa shape index (κ3) is 3.42. The topological polar surface area (TPSA) is 15.7 Å². The Hall–Kier alpha value is -0.960. The van der Waals surface area contributed by atoms with Crippen LogP contribution in [0, 0.1) is 0 Å². The Morgan fingerprint density at radius 2 is 1.57 bits per heavy atom. The largest absolute Gasteiger partial charge is 0.487 e. The van der Waals surface area contributed by atoms with Crippen LogP contribution in [0.1, 0.15) is 20.8 Å². The molecule has 0 aromatic rings. The molecule has 0 saturated carbocycles. The van der Waals surface area contributed by atoms with Crippen molar-refractivity contribution in [3.05, 3.63) is 24.6 Å². The minimum Gasteiger partial charge on any atom is -0.487 e. The van der Waals surface area contributed by atoms with Crippen LogP contribution >= 0.6 is 0 Å². The van der Waals surface area contributed by atoms with Crippen LogP contribution in [0.4, 0.5) is 0 Å². The summed E-state index contributed by atoms with van der Waals surface area (Å²) in [4.78, 5) is 0. The van der Waals surface area contributed by atoms with E-state index >= 15 is 0 Å². The molecule has 0 rings (SSSR count). The Balaban J connectivity index is 4.57. The summed E-state index contributed by atoms with van der Waals surface area (Å²) in [5.74, 6) is 0.698. The van der Waals surface area contributed by atoms with Crippen LogP contribution in [0.3, 0.4) is 0 Å². The monoisotopic (exact) mass is 198 g/mol. The van der Waals surface area contributed by atoms with Crippen molar-refractivity contribution >= 4 is 0 Å². The van der Waals surface area contributed by atoms with E-state index in [-0.39, 0.29) is 0 Å². The maximum absolute atomic E-state index is 5.61. The number of rotatable bonds is 5. The molecule has 0 N–H and O–H groups in total. The van der Waals surface area contributed by atoms with E-state index in [0.29, 0.717) is 5.76 Å². The van der Waals surface area contributed by atoms with Gasteiger partial charge in [0.15, 0.2) is 0 Å². The van der Waals surface area contributed by atoms with Crippen LogP contribution in [-0.4, -0.2) is 36.8 Å². The normalized spacial score (nSPS) is 11.4. The molecule has 3 nitrogen and oxygen atoms in total. The van der Waals surface area contributed by atoms with Crippen molar-refractivity contribution in [1.82, 2.24) is 10.0 Å². The molecular formula is C11H22N2O. The Labute approximate surface area is 87.6 Å². The van der Waals surface area contributed by atoms with Gasteiger partial charge in [-0.05, 0) is 20.8 Å². The second-order valence-electron chi connectivity index (χ2n) is 4.13. The summed E-state index contributed by atoms with van der Waals surface area (Å²) in [5, 5.41) is 3.90. The predicted molar refractivity (Wildman–Crippen MR) is 60.6 cm³/mol. The Morgan fingerprint density at radius 3 is 1.86 bits per heavy atom. The van der Waals surface area contributed by atoms with Crippen LogP contribution in [0.2, 0.25) is 0 Å². The van der Waals surface area contributed by atoms with Gasteiger partial charge in [-0.3, -0.25) is 0 Å². The lowest BCUT2D eigenvalue weighted by Crippen LogP contribution is -2.41. The average molecular weight is 198 g/mol. The van der Waals surface area contributed by atoms with Crippen molar-refractivity contribution in [3.8, 4) is 0 Å². The fourth-order valence-corrected chi connectivity index (χ4v) is 1.13. The summed E-state index contributed by atoms with van der Waals surface area (Å²) in [6.07, 6.45) is 0. The highest BCUT2D eigenvalue weighted by Crippen LogP contribution is 2.24. The lowest BCUT2D eigenvalue weighted by Gasteiger charge is -2.37. The maximum atomic E-state index is 5.61. The lowest BCUT2D eigenvalue weighted by molar-refractivity contribution is -0.00124. The zero-order valence-corrected chi connectivity index (χ0v) is 10.2. The van der Waals surface area contributed by atoms with Gasteiger partial charge < -0.3 is 9.75 Å². The van der Waals surface area contributed by atoms with Crippen LogP contribution in [-0.2, 0) is 4.74 Å². The fourth-order valence-electron chi connectivity index (χ4n) is 1.13. The van der Waals surface area contributed by atoms with Crippen molar-refractivity contribution in [3.63, 3.8) is 0 Å². The lowest BCUT2D eigenvalue weighted by atomic mass is 10.1. The minimum atomic E-state index is -0.426. The van der Waals surface area contributed by atoms with Gasteiger partial charge in [0, 0.05) is 21.1 Å². The number of allylic oxidation sites excluding steroid dienone is 1. The second kappa shape index (κ2) is 4.51. The summed E-state index contributed by atoms with van der Waals surface area (Å²) >= 11 is 0. The van der Waals surface area contributed by atoms with E-state index < -0.39 is 5.60 Å². The first-order valence-corrected chi connectivity index (χ1v) is 4.63. The molecule has 0 aliphatic heterocycles. The molecule has 0 aromatic heterocycles. The van der Waals surface area contributed by atoms with E-state index in [1.807, 2.05) is 51.9 Å². The molecule has 0 aliphatic rings.